The Hall–Kier alpha value is -0.760. The van der Waals surface area contributed by atoms with Gasteiger partial charge in [0.2, 0.25) is 0 Å². The van der Waals surface area contributed by atoms with Gasteiger partial charge in [-0.15, -0.1) is 0 Å². The summed E-state index contributed by atoms with van der Waals surface area (Å²) in [6.45, 7) is 0. The zero-order valence-electron chi connectivity index (χ0n) is 9.35. The van der Waals surface area contributed by atoms with E-state index in [1.54, 1.807) is 18.7 Å². The van der Waals surface area contributed by atoms with Gasteiger partial charge >= 0.3 is 0 Å². The Balaban J connectivity index is 2.69. The minimum atomic E-state index is 0.810. The van der Waals surface area contributed by atoms with Gasteiger partial charge in [0.1, 0.15) is 16.7 Å². The molecule has 2 aromatic rings. The Morgan fingerprint density at radius 1 is 1.29 bits per heavy atom. The van der Waals surface area contributed by atoms with Crippen molar-refractivity contribution >= 4 is 61.6 Å². The highest BCUT2D eigenvalue weighted by Gasteiger charge is 2.10. The highest BCUT2D eigenvalue weighted by atomic mass is 127. The van der Waals surface area contributed by atoms with Crippen molar-refractivity contribution in [3.63, 3.8) is 0 Å². The van der Waals surface area contributed by atoms with E-state index in [0.717, 1.165) is 24.8 Å². The summed E-state index contributed by atoms with van der Waals surface area (Å²) in [4.78, 5) is 15.0. The van der Waals surface area contributed by atoms with Gasteiger partial charge in [0.05, 0.1) is 6.34 Å². The Morgan fingerprint density at radius 3 is 2.59 bits per heavy atom. The summed E-state index contributed by atoms with van der Waals surface area (Å²) in [7, 11) is 3.87. The van der Waals surface area contributed by atoms with Crippen LogP contribution in [0.15, 0.2) is 27.9 Å². The Morgan fingerprint density at radius 2 is 1.94 bits per heavy atom. The summed E-state index contributed by atoms with van der Waals surface area (Å²) in [5.74, 6) is 0. The summed E-state index contributed by atoms with van der Waals surface area (Å²) in [6.07, 6.45) is 5.12. The molecule has 1 aromatic carbocycles. The van der Waals surface area contributed by atoms with Gasteiger partial charge in [-0.25, -0.2) is 4.99 Å². The van der Waals surface area contributed by atoms with Crippen LogP contribution in [0.2, 0.25) is 0 Å². The summed E-state index contributed by atoms with van der Waals surface area (Å²) >= 11 is 5.74. The first-order valence-corrected chi connectivity index (χ1v) is 6.76. The number of aromatic nitrogens is 2. The van der Waals surface area contributed by atoms with Crippen LogP contribution in [0.5, 0.6) is 0 Å². The highest BCUT2D eigenvalue weighted by molar-refractivity contribution is 14.1. The Kier molecular flexibility index (Phi) is 3.93. The van der Waals surface area contributed by atoms with Crippen LogP contribution in [0.1, 0.15) is 0 Å². The molecule has 6 heteroatoms. The lowest BCUT2D eigenvalue weighted by molar-refractivity contribution is 0.643. The average Bonchev–Trinajstić information content (AvgIpc) is 2.28. The van der Waals surface area contributed by atoms with Crippen molar-refractivity contribution in [2.45, 2.75) is 0 Å². The maximum atomic E-state index is 4.44. The van der Waals surface area contributed by atoms with Gasteiger partial charge in [0.15, 0.2) is 0 Å². The van der Waals surface area contributed by atoms with Crippen LogP contribution in [-0.2, 0) is 0 Å². The number of rotatable bonds is 2. The largest absolute Gasteiger partial charge is 0.369 e. The lowest BCUT2D eigenvalue weighted by Gasteiger charge is -2.07. The second-order valence-corrected chi connectivity index (χ2v) is 5.67. The molecule has 2 rings (SSSR count). The lowest BCUT2D eigenvalue weighted by atomic mass is 10.2. The molecular weight excluding hydrogens is 395 g/mol. The van der Waals surface area contributed by atoms with E-state index < -0.39 is 0 Å². The minimum absolute atomic E-state index is 0.810. The molecule has 0 amide bonds. The molecule has 1 aromatic heterocycles. The van der Waals surface area contributed by atoms with Gasteiger partial charge in [0.25, 0.3) is 0 Å². The van der Waals surface area contributed by atoms with Gasteiger partial charge in [-0.1, -0.05) is 0 Å². The molecule has 88 valence electrons. The monoisotopic (exact) mass is 404 g/mol. The van der Waals surface area contributed by atoms with Crippen molar-refractivity contribution in [1.82, 2.24) is 14.9 Å². The van der Waals surface area contributed by atoms with Crippen LogP contribution in [0, 0.1) is 3.57 Å². The Labute approximate surface area is 121 Å². The maximum absolute atomic E-state index is 4.44. The molecule has 0 spiro atoms. The molecule has 0 fully saturated rings. The van der Waals surface area contributed by atoms with Gasteiger partial charge in [-0.3, -0.25) is 9.97 Å². The normalized spacial score (nSPS) is 11.3. The number of aliphatic imine (C=N–C) groups is 1. The van der Waals surface area contributed by atoms with Crippen molar-refractivity contribution in [3.8, 4) is 0 Å². The van der Waals surface area contributed by atoms with Crippen molar-refractivity contribution in [2.75, 3.05) is 14.1 Å². The fourth-order valence-corrected chi connectivity index (χ4v) is 3.00. The maximum Gasteiger partial charge on any atom is 0.117 e. The summed E-state index contributed by atoms with van der Waals surface area (Å²) in [5, 5.41) is 0. The second kappa shape index (κ2) is 5.26. The molecule has 0 unspecified atom stereocenters. The molecule has 0 atom stereocenters. The molecule has 0 aliphatic heterocycles. The molecular formula is C11H10BrIN4. The van der Waals surface area contributed by atoms with Crippen molar-refractivity contribution in [2.24, 2.45) is 4.99 Å². The predicted octanol–water partition coefficient (Wildman–Crippen LogP) is 3.22. The first-order chi connectivity index (χ1) is 8.09. The molecule has 1 heterocycles. The van der Waals surface area contributed by atoms with Crippen LogP contribution in [0.25, 0.3) is 11.0 Å². The van der Waals surface area contributed by atoms with E-state index in [-0.39, 0.29) is 0 Å². The van der Waals surface area contributed by atoms with E-state index in [1.165, 1.54) is 0 Å². The quantitative estimate of drug-likeness (QED) is 0.438. The Bertz CT molecular complexity index is 583. The molecule has 17 heavy (non-hydrogen) atoms. The zero-order chi connectivity index (χ0) is 12.4. The summed E-state index contributed by atoms with van der Waals surface area (Å²) in [5.41, 5.74) is 2.49. The first-order valence-electron chi connectivity index (χ1n) is 4.89. The first kappa shape index (κ1) is 12.7. The second-order valence-electron chi connectivity index (χ2n) is 3.65. The third-order valence-electron chi connectivity index (χ3n) is 2.05. The lowest BCUT2D eigenvalue weighted by Crippen LogP contribution is -2.07. The number of benzene rings is 1. The average molecular weight is 405 g/mol. The topological polar surface area (TPSA) is 41.4 Å². The molecule has 0 aliphatic rings. The van der Waals surface area contributed by atoms with E-state index in [9.17, 15) is 0 Å². The van der Waals surface area contributed by atoms with Crippen LogP contribution in [0.4, 0.5) is 5.69 Å². The van der Waals surface area contributed by atoms with Crippen LogP contribution < -0.4 is 0 Å². The zero-order valence-corrected chi connectivity index (χ0v) is 13.1. The van der Waals surface area contributed by atoms with Gasteiger partial charge in [-0.05, 0) is 44.6 Å². The fourth-order valence-electron chi connectivity index (χ4n) is 1.34. The summed E-state index contributed by atoms with van der Waals surface area (Å²) in [6, 6.07) is 2.00. The van der Waals surface area contributed by atoms with E-state index in [4.69, 9.17) is 0 Å². The van der Waals surface area contributed by atoms with E-state index in [1.807, 2.05) is 25.1 Å². The third-order valence-corrected chi connectivity index (χ3v) is 3.47. The molecule has 4 nitrogen and oxygen atoms in total. The molecule has 0 saturated heterocycles. The van der Waals surface area contributed by atoms with Gasteiger partial charge < -0.3 is 4.90 Å². The van der Waals surface area contributed by atoms with E-state index in [0.29, 0.717) is 0 Å². The SMILES string of the molecule is CN(C)/C=N/c1c(I)cc(Br)c2nccnc12. The number of hydrogen-bond donors (Lipinski definition) is 0. The predicted molar refractivity (Wildman–Crippen MR) is 81.8 cm³/mol. The fraction of sp³-hybridized carbons (Fsp3) is 0.182. The third kappa shape index (κ3) is 2.74. The smallest absolute Gasteiger partial charge is 0.117 e. The van der Waals surface area contributed by atoms with E-state index in [2.05, 4.69) is 53.5 Å². The number of halogens is 2. The highest BCUT2D eigenvalue weighted by Crippen LogP contribution is 2.33. The molecule has 0 aliphatic carbocycles. The van der Waals surface area contributed by atoms with Crippen molar-refractivity contribution in [3.05, 3.63) is 26.5 Å². The molecule has 0 radical (unpaired) electrons. The van der Waals surface area contributed by atoms with Crippen LogP contribution >= 0.6 is 38.5 Å². The molecule has 0 bridgehead atoms. The minimum Gasteiger partial charge on any atom is -0.369 e. The molecule has 0 saturated carbocycles. The summed E-state index contributed by atoms with van der Waals surface area (Å²) < 4.78 is 1.98. The number of hydrogen-bond acceptors (Lipinski definition) is 3. The van der Waals surface area contributed by atoms with Crippen molar-refractivity contribution < 1.29 is 0 Å². The van der Waals surface area contributed by atoms with Gasteiger partial charge in [-0.2, -0.15) is 0 Å². The van der Waals surface area contributed by atoms with Crippen molar-refractivity contribution in [1.29, 1.82) is 0 Å². The standard InChI is InChI=1S/C11H10BrIN4/c1-17(2)6-16-10-8(13)5-7(12)9-11(10)15-4-3-14-9/h3-6H,1-2H3/b16-6+. The molecule has 0 N–H and O–H groups in total. The number of nitrogens with zero attached hydrogens (tertiary/aromatic N) is 4. The van der Waals surface area contributed by atoms with Gasteiger partial charge in [0, 0.05) is 34.5 Å². The van der Waals surface area contributed by atoms with Crippen LogP contribution in [-0.4, -0.2) is 35.3 Å². The van der Waals surface area contributed by atoms with Crippen LogP contribution in [0.3, 0.4) is 0 Å². The van der Waals surface area contributed by atoms with E-state index >= 15 is 0 Å². The number of fused-ring (bicyclic) bond motifs is 1.